The highest BCUT2D eigenvalue weighted by atomic mass is 19.1. The summed E-state index contributed by atoms with van der Waals surface area (Å²) >= 11 is 0. The van der Waals surface area contributed by atoms with Crippen molar-refractivity contribution in [1.29, 1.82) is 0 Å². The van der Waals surface area contributed by atoms with Gasteiger partial charge >= 0.3 is 5.97 Å². The van der Waals surface area contributed by atoms with Crippen LogP contribution < -0.4 is 9.47 Å². The molecule has 0 radical (unpaired) electrons. The van der Waals surface area contributed by atoms with Crippen molar-refractivity contribution < 1.29 is 32.6 Å². The minimum absolute atomic E-state index is 0.142. The summed E-state index contributed by atoms with van der Waals surface area (Å²) in [6.07, 6.45) is 2.59. The lowest BCUT2D eigenvalue weighted by molar-refractivity contribution is -0.136. The van der Waals surface area contributed by atoms with Gasteiger partial charge in [0.15, 0.2) is 18.1 Å². The number of fused-ring (bicyclic) bond motifs is 1. The van der Waals surface area contributed by atoms with Gasteiger partial charge in [-0.3, -0.25) is 4.79 Å². The SMILES string of the molecule is O=C(/C=C/c1ccc2c(c1)OCO2)OCC(=O)c1cc(F)ccc1F. The van der Waals surface area contributed by atoms with E-state index in [1.54, 1.807) is 18.2 Å². The Bertz CT molecular complexity index is 861. The Kier molecular flexibility index (Phi) is 4.74. The molecular weight excluding hydrogens is 334 g/mol. The molecule has 0 unspecified atom stereocenters. The van der Waals surface area contributed by atoms with Crippen LogP contribution in [0.2, 0.25) is 0 Å². The average Bonchev–Trinajstić information content (AvgIpc) is 3.07. The molecule has 2 aromatic rings. The van der Waals surface area contributed by atoms with Crippen molar-refractivity contribution in [2.75, 3.05) is 13.4 Å². The number of ether oxygens (including phenoxy) is 3. The zero-order valence-corrected chi connectivity index (χ0v) is 12.8. The number of ketones is 1. The molecule has 0 N–H and O–H groups in total. The number of esters is 1. The maximum Gasteiger partial charge on any atom is 0.331 e. The van der Waals surface area contributed by atoms with Crippen molar-refractivity contribution in [2.45, 2.75) is 0 Å². The van der Waals surface area contributed by atoms with Gasteiger partial charge in [-0.15, -0.1) is 0 Å². The molecule has 0 amide bonds. The van der Waals surface area contributed by atoms with Crippen molar-refractivity contribution in [3.05, 3.63) is 65.2 Å². The van der Waals surface area contributed by atoms with Crippen LogP contribution >= 0.6 is 0 Å². The molecule has 0 aromatic heterocycles. The van der Waals surface area contributed by atoms with E-state index in [1.807, 2.05) is 0 Å². The summed E-state index contributed by atoms with van der Waals surface area (Å²) in [6.45, 7) is -0.548. The fourth-order valence-corrected chi connectivity index (χ4v) is 2.15. The number of hydrogen-bond acceptors (Lipinski definition) is 5. The predicted octanol–water partition coefficient (Wildman–Crippen LogP) is 3.13. The molecule has 128 valence electrons. The van der Waals surface area contributed by atoms with E-state index in [1.165, 1.54) is 6.08 Å². The standard InChI is InChI=1S/C18H12F2O5/c19-12-3-4-14(20)13(8-12)15(21)9-23-18(22)6-2-11-1-5-16-17(7-11)25-10-24-16/h1-8H,9-10H2/b6-2+. The molecule has 0 saturated heterocycles. The minimum atomic E-state index is -0.877. The number of halogens is 2. The molecule has 0 aliphatic carbocycles. The first kappa shape index (κ1) is 16.6. The number of hydrogen-bond donors (Lipinski definition) is 0. The van der Waals surface area contributed by atoms with Gasteiger partial charge in [0.1, 0.15) is 11.6 Å². The smallest absolute Gasteiger partial charge is 0.331 e. The van der Waals surface area contributed by atoms with E-state index in [4.69, 9.17) is 14.2 Å². The average molecular weight is 346 g/mol. The topological polar surface area (TPSA) is 61.8 Å². The predicted molar refractivity (Wildman–Crippen MR) is 83.2 cm³/mol. The van der Waals surface area contributed by atoms with Crippen molar-refractivity contribution in [3.8, 4) is 11.5 Å². The van der Waals surface area contributed by atoms with Crippen molar-refractivity contribution in [1.82, 2.24) is 0 Å². The monoisotopic (exact) mass is 346 g/mol. The van der Waals surface area contributed by atoms with Gasteiger partial charge in [-0.1, -0.05) is 6.07 Å². The number of rotatable bonds is 5. The fourth-order valence-electron chi connectivity index (χ4n) is 2.15. The van der Waals surface area contributed by atoms with E-state index in [-0.39, 0.29) is 6.79 Å². The lowest BCUT2D eigenvalue weighted by Gasteiger charge is -2.03. The molecule has 2 aromatic carbocycles. The van der Waals surface area contributed by atoms with Gasteiger partial charge in [-0.2, -0.15) is 0 Å². The van der Waals surface area contributed by atoms with Crippen LogP contribution in [0.3, 0.4) is 0 Å². The molecular formula is C18H12F2O5. The number of carbonyl (C=O) groups excluding carboxylic acids is 2. The van der Waals surface area contributed by atoms with Gasteiger partial charge in [0, 0.05) is 6.08 Å². The largest absolute Gasteiger partial charge is 0.454 e. The molecule has 0 saturated carbocycles. The van der Waals surface area contributed by atoms with Crippen LogP contribution in [0.15, 0.2) is 42.5 Å². The van der Waals surface area contributed by atoms with Crippen LogP contribution in [-0.2, 0) is 9.53 Å². The van der Waals surface area contributed by atoms with E-state index in [2.05, 4.69) is 0 Å². The first-order chi connectivity index (χ1) is 12.0. The first-order valence-corrected chi connectivity index (χ1v) is 7.25. The van der Waals surface area contributed by atoms with Gasteiger partial charge in [0.05, 0.1) is 5.56 Å². The Morgan fingerprint density at radius 3 is 2.72 bits per heavy atom. The summed E-state index contributed by atoms with van der Waals surface area (Å²) in [4.78, 5) is 23.4. The first-order valence-electron chi connectivity index (χ1n) is 7.25. The molecule has 7 heteroatoms. The maximum atomic E-state index is 13.5. The highest BCUT2D eigenvalue weighted by Crippen LogP contribution is 2.32. The van der Waals surface area contributed by atoms with Crippen LogP contribution in [0.4, 0.5) is 8.78 Å². The number of carbonyl (C=O) groups is 2. The van der Waals surface area contributed by atoms with Gasteiger partial charge in [-0.25, -0.2) is 13.6 Å². The second-order valence-electron chi connectivity index (χ2n) is 5.10. The summed E-state index contributed by atoms with van der Waals surface area (Å²) in [5, 5.41) is 0. The van der Waals surface area contributed by atoms with Crippen LogP contribution in [0, 0.1) is 11.6 Å². The van der Waals surface area contributed by atoms with Crippen LogP contribution in [0.1, 0.15) is 15.9 Å². The molecule has 5 nitrogen and oxygen atoms in total. The summed E-state index contributed by atoms with van der Waals surface area (Å²) in [7, 11) is 0. The number of Topliss-reactive ketones (excluding diaryl/α,β-unsaturated/α-hetero) is 1. The van der Waals surface area contributed by atoms with Gasteiger partial charge in [0.2, 0.25) is 12.6 Å². The fraction of sp³-hybridized carbons (Fsp3) is 0.111. The Morgan fingerprint density at radius 1 is 1.08 bits per heavy atom. The minimum Gasteiger partial charge on any atom is -0.454 e. The summed E-state index contributed by atoms with van der Waals surface area (Å²) < 4.78 is 41.6. The normalized spacial score (nSPS) is 12.4. The summed E-state index contributed by atoms with van der Waals surface area (Å²) in [6, 6.07) is 7.58. The third-order valence-corrected chi connectivity index (χ3v) is 3.38. The second-order valence-corrected chi connectivity index (χ2v) is 5.10. The molecule has 0 bridgehead atoms. The zero-order valence-electron chi connectivity index (χ0n) is 12.8. The molecule has 3 rings (SSSR count). The van der Waals surface area contributed by atoms with Crippen LogP contribution in [0.25, 0.3) is 6.08 Å². The van der Waals surface area contributed by atoms with E-state index in [9.17, 15) is 18.4 Å². The van der Waals surface area contributed by atoms with Crippen molar-refractivity contribution in [2.24, 2.45) is 0 Å². The van der Waals surface area contributed by atoms with Gasteiger partial charge in [0.25, 0.3) is 0 Å². The third-order valence-electron chi connectivity index (χ3n) is 3.38. The lowest BCUT2D eigenvalue weighted by Crippen LogP contribution is -2.14. The quantitative estimate of drug-likeness (QED) is 0.473. The van der Waals surface area contributed by atoms with Crippen molar-refractivity contribution >= 4 is 17.8 Å². The van der Waals surface area contributed by atoms with Crippen molar-refractivity contribution in [3.63, 3.8) is 0 Å². The molecule has 0 fully saturated rings. The number of benzene rings is 2. The molecule has 25 heavy (non-hydrogen) atoms. The van der Waals surface area contributed by atoms with E-state index < -0.39 is 35.6 Å². The Hall–Kier alpha value is -3.22. The second kappa shape index (κ2) is 7.12. The summed E-state index contributed by atoms with van der Waals surface area (Å²) in [5.74, 6) is -2.07. The molecule has 1 heterocycles. The highest BCUT2D eigenvalue weighted by molar-refractivity contribution is 5.99. The van der Waals surface area contributed by atoms with E-state index in [0.29, 0.717) is 17.1 Å². The van der Waals surface area contributed by atoms with E-state index in [0.717, 1.165) is 24.3 Å². The summed E-state index contributed by atoms with van der Waals surface area (Å²) in [5.41, 5.74) is 0.205. The Balaban J connectivity index is 1.57. The molecule has 1 aliphatic rings. The van der Waals surface area contributed by atoms with E-state index >= 15 is 0 Å². The van der Waals surface area contributed by atoms with Gasteiger partial charge < -0.3 is 14.2 Å². The molecule has 0 spiro atoms. The van der Waals surface area contributed by atoms with Crippen LogP contribution in [-0.4, -0.2) is 25.2 Å². The van der Waals surface area contributed by atoms with Crippen LogP contribution in [0.5, 0.6) is 11.5 Å². The zero-order chi connectivity index (χ0) is 17.8. The Labute approximate surface area is 141 Å². The molecule has 1 aliphatic heterocycles. The highest BCUT2D eigenvalue weighted by Gasteiger charge is 2.15. The third kappa shape index (κ3) is 4.00. The Morgan fingerprint density at radius 2 is 1.88 bits per heavy atom. The lowest BCUT2D eigenvalue weighted by atomic mass is 10.1. The molecule has 0 atom stereocenters. The van der Waals surface area contributed by atoms with Gasteiger partial charge in [-0.05, 0) is 42.0 Å². The maximum absolute atomic E-state index is 13.5.